The van der Waals surface area contributed by atoms with Crippen LogP contribution in [-0.2, 0) is 9.53 Å². The molecule has 0 aliphatic heterocycles. The summed E-state index contributed by atoms with van der Waals surface area (Å²) in [6, 6.07) is 0. The van der Waals surface area contributed by atoms with Crippen molar-refractivity contribution < 1.29 is 9.53 Å². The zero-order chi connectivity index (χ0) is 12.4. The van der Waals surface area contributed by atoms with E-state index in [0.29, 0.717) is 19.1 Å². The molecule has 0 amide bonds. The Morgan fingerprint density at radius 3 is 2.38 bits per heavy atom. The van der Waals surface area contributed by atoms with Gasteiger partial charge in [-0.15, -0.1) is 0 Å². The minimum atomic E-state index is -0.125. The van der Waals surface area contributed by atoms with Crippen molar-refractivity contribution in [3.63, 3.8) is 0 Å². The predicted octanol–water partition coefficient (Wildman–Crippen LogP) is 2.73. The number of nitrogens with two attached hydrogens (primary N) is 1. The Bertz CT molecular complexity index is 179. The van der Waals surface area contributed by atoms with Crippen LogP contribution < -0.4 is 5.73 Å². The lowest BCUT2D eigenvalue weighted by atomic mass is 10.0. The molecule has 0 fully saturated rings. The van der Waals surface area contributed by atoms with Crippen LogP contribution in [0.15, 0.2) is 0 Å². The first-order chi connectivity index (χ1) is 7.69. The van der Waals surface area contributed by atoms with Crippen molar-refractivity contribution in [1.29, 1.82) is 0 Å². The summed E-state index contributed by atoms with van der Waals surface area (Å²) >= 11 is 0. The quantitative estimate of drug-likeness (QED) is 0.618. The maximum absolute atomic E-state index is 11.6. The average Bonchev–Trinajstić information content (AvgIpc) is 2.31. The highest BCUT2D eigenvalue weighted by Gasteiger charge is 2.17. The van der Waals surface area contributed by atoms with Crippen molar-refractivity contribution in [2.24, 2.45) is 17.6 Å². The lowest BCUT2D eigenvalue weighted by Gasteiger charge is -2.17. The zero-order valence-corrected chi connectivity index (χ0v) is 11.0. The number of hydrogen-bond acceptors (Lipinski definition) is 3. The average molecular weight is 229 g/mol. The summed E-state index contributed by atoms with van der Waals surface area (Å²) in [5.74, 6) is 0.266. The predicted molar refractivity (Wildman–Crippen MR) is 67.1 cm³/mol. The number of rotatable bonds is 9. The van der Waals surface area contributed by atoms with Gasteiger partial charge in [-0.25, -0.2) is 0 Å². The lowest BCUT2D eigenvalue weighted by Crippen LogP contribution is -2.26. The van der Waals surface area contributed by atoms with Crippen LogP contribution in [0.3, 0.4) is 0 Å². The normalized spacial score (nSPS) is 14.5. The molecule has 96 valence electrons. The van der Waals surface area contributed by atoms with E-state index in [0.717, 1.165) is 19.3 Å². The summed E-state index contributed by atoms with van der Waals surface area (Å²) in [7, 11) is 0. The summed E-state index contributed by atoms with van der Waals surface area (Å²) < 4.78 is 5.32. The van der Waals surface area contributed by atoms with Crippen molar-refractivity contribution >= 4 is 5.97 Å². The third-order valence-electron chi connectivity index (χ3n) is 3.12. The lowest BCUT2D eigenvalue weighted by molar-refractivity contribution is -0.149. The molecule has 0 aliphatic rings. The van der Waals surface area contributed by atoms with Crippen LogP contribution in [0.4, 0.5) is 0 Å². The topological polar surface area (TPSA) is 52.3 Å². The highest BCUT2D eigenvalue weighted by molar-refractivity contribution is 5.72. The summed E-state index contributed by atoms with van der Waals surface area (Å²) in [6.07, 6.45) is 5.41. The van der Waals surface area contributed by atoms with Gasteiger partial charge in [0, 0.05) is 6.54 Å². The molecule has 16 heavy (non-hydrogen) atoms. The van der Waals surface area contributed by atoms with Gasteiger partial charge in [-0.2, -0.15) is 0 Å². The molecular weight excluding hydrogens is 202 g/mol. The molecule has 0 spiro atoms. The Kier molecular flexibility index (Phi) is 9.30. The molecule has 0 aliphatic carbocycles. The number of ether oxygens (including phenoxy) is 1. The van der Waals surface area contributed by atoms with Crippen LogP contribution in [-0.4, -0.2) is 19.1 Å². The molecule has 0 bridgehead atoms. The van der Waals surface area contributed by atoms with Gasteiger partial charge >= 0.3 is 5.97 Å². The summed E-state index contributed by atoms with van der Waals surface area (Å²) in [4.78, 5) is 11.6. The molecule has 0 aromatic carbocycles. The minimum absolute atomic E-state index is 0.122. The van der Waals surface area contributed by atoms with Crippen molar-refractivity contribution in [1.82, 2.24) is 0 Å². The fourth-order valence-electron chi connectivity index (χ4n) is 1.65. The molecule has 2 N–H and O–H groups in total. The second-order valence-electron chi connectivity index (χ2n) is 4.39. The summed E-state index contributed by atoms with van der Waals surface area (Å²) in [6.45, 7) is 7.24. The SMILES string of the molecule is CCCCC(CC)COC(=O)C(CC)CN. The van der Waals surface area contributed by atoms with Crippen LogP contribution in [0.2, 0.25) is 0 Å². The largest absolute Gasteiger partial charge is 0.465 e. The molecule has 2 unspecified atom stereocenters. The summed E-state index contributed by atoms with van der Waals surface area (Å²) in [5, 5.41) is 0. The van der Waals surface area contributed by atoms with E-state index >= 15 is 0 Å². The third kappa shape index (κ3) is 6.11. The minimum Gasteiger partial charge on any atom is -0.465 e. The Labute approximate surface area is 99.7 Å². The molecule has 3 heteroatoms. The van der Waals surface area contributed by atoms with E-state index < -0.39 is 0 Å². The van der Waals surface area contributed by atoms with Crippen LogP contribution >= 0.6 is 0 Å². The van der Waals surface area contributed by atoms with Crippen molar-refractivity contribution in [2.45, 2.75) is 52.9 Å². The standard InChI is InChI=1S/C13H27NO2/c1-4-7-8-11(5-2)10-16-13(15)12(6-3)9-14/h11-12H,4-10,14H2,1-3H3. The first kappa shape index (κ1) is 15.4. The van der Waals surface area contributed by atoms with E-state index in [2.05, 4.69) is 13.8 Å². The highest BCUT2D eigenvalue weighted by Crippen LogP contribution is 2.14. The number of carbonyl (C=O) groups excluding carboxylic acids is 1. The fourth-order valence-corrected chi connectivity index (χ4v) is 1.65. The van der Waals surface area contributed by atoms with Crippen LogP contribution in [0, 0.1) is 11.8 Å². The molecular formula is C13H27NO2. The van der Waals surface area contributed by atoms with E-state index in [9.17, 15) is 4.79 Å². The molecule has 0 saturated carbocycles. The van der Waals surface area contributed by atoms with Gasteiger partial charge in [-0.3, -0.25) is 4.79 Å². The van der Waals surface area contributed by atoms with Gasteiger partial charge in [0.05, 0.1) is 12.5 Å². The number of hydrogen-bond donors (Lipinski definition) is 1. The fraction of sp³-hybridized carbons (Fsp3) is 0.923. The maximum Gasteiger partial charge on any atom is 0.310 e. The van der Waals surface area contributed by atoms with Crippen LogP contribution in [0.1, 0.15) is 52.9 Å². The zero-order valence-electron chi connectivity index (χ0n) is 11.0. The second-order valence-corrected chi connectivity index (χ2v) is 4.39. The van der Waals surface area contributed by atoms with E-state index in [-0.39, 0.29) is 11.9 Å². The number of unbranched alkanes of at least 4 members (excludes halogenated alkanes) is 1. The van der Waals surface area contributed by atoms with Gasteiger partial charge < -0.3 is 10.5 Å². The third-order valence-corrected chi connectivity index (χ3v) is 3.12. The Morgan fingerprint density at radius 1 is 1.25 bits per heavy atom. The van der Waals surface area contributed by atoms with Gasteiger partial charge in [0.25, 0.3) is 0 Å². The van der Waals surface area contributed by atoms with E-state index in [4.69, 9.17) is 10.5 Å². The molecule has 0 aromatic rings. The van der Waals surface area contributed by atoms with E-state index in [1.54, 1.807) is 0 Å². The highest BCUT2D eigenvalue weighted by atomic mass is 16.5. The number of esters is 1. The first-order valence-electron chi connectivity index (χ1n) is 6.56. The van der Waals surface area contributed by atoms with Crippen molar-refractivity contribution in [3.05, 3.63) is 0 Å². The number of carbonyl (C=O) groups is 1. The Balaban J connectivity index is 3.86. The first-order valence-corrected chi connectivity index (χ1v) is 6.56. The monoisotopic (exact) mass is 229 g/mol. The molecule has 3 nitrogen and oxygen atoms in total. The van der Waals surface area contributed by atoms with Crippen molar-refractivity contribution in [3.8, 4) is 0 Å². The van der Waals surface area contributed by atoms with E-state index in [1.165, 1.54) is 12.8 Å². The van der Waals surface area contributed by atoms with Gasteiger partial charge in [-0.05, 0) is 18.8 Å². The maximum atomic E-state index is 11.6. The van der Waals surface area contributed by atoms with Gasteiger partial charge in [0.15, 0.2) is 0 Å². The Morgan fingerprint density at radius 2 is 1.94 bits per heavy atom. The van der Waals surface area contributed by atoms with Gasteiger partial charge in [0.2, 0.25) is 0 Å². The van der Waals surface area contributed by atoms with Crippen LogP contribution in [0.25, 0.3) is 0 Å². The van der Waals surface area contributed by atoms with Crippen LogP contribution in [0.5, 0.6) is 0 Å². The molecule has 0 aromatic heterocycles. The molecule has 0 saturated heterocycles. The molecule has 0 heterocycles. The van der Waals surface area contributed by atoms with Crippen molar-refractivity contribution in [2.75, 3.05) is 13.2 Å². The molecule has 0 radical (unpaired) electrons. The molecule has 2 atom stereocenters. The van der Waals surface area contributed by atoms with E-state index in [1.807, 2.05) is 6.92 Å². The molecule has 0 rings (SSSR count). The summed E-state index contributed by atoms with van der Waals surface area (Å²) in [5.41, 5.74) is 5.50. The van der Waals surface area contributed by atoms with Gasteiger partial charge in [-0.1, -0.05) is 40.0 Å². The van der Waals surface area contributed by atoms with Gasteiger partial charge in [0.1, 0.15) is 0 Å². The smallest absolute Gasteiger partial charge is 0.310 e. The second kappa shape index (κ2) is 9.64. The Hall–Kier alpha value is -0.570.